The highest BCUT2D eigenvalue weighted by molar-refractivity contribution is 7.93. The third kappa shape index (κ3) is 6.00. The van der Waals surface area contributed by atoms with Crippen molar-refractivity contribution in [2.75, 3.05) is 29.0 Å². The van der Waals surface area contributed by atoms with Crippen molar-refractivity contribution in [1.29, 1.82) is 0 Å². The molecule has 0 aliphatic rings. The number of Topliss-reactive ketones (excluding diaryl/α,β-unsaturated/α-hetero) is 1. The van der Waals surface area contributed by atoms with Gasteiger partial charge in [0.2, 0.25) is 0 Å². The van der Waals surface area contributed by atoms with Crippen molar-refractivity contribution in [3.8, 4) is 5.75 Å². The number of pyridine rings is 1. The van der Waals surface area contributed by atoms with Gasteiger partial charge in [0.1, 0.15) is 11.5 Å². The number of methoxy groups -OCH3 is 1. The average Bonchev–Trinajstić information content (AvgIpc) is 2.96. The minimum atomic E-state index is -4.28. The van der Waals surface area contributed by atoms with E-state index in [1.807, 2.05) is 6.92 Å². The topological polar surface area (TPSA) is 140 Å². The van der Waals surface area contributed by atoms with E-state index in [0.717, 1.165) is 14.2 Å². The van der Waals surface area contributed by atoms with Gasteiger partial charge in [-0.05, 0) is 50.2 Å². The fourth-order valence-electron chi connectivity index (χ4n) is 4.12. The van der Waals surface area contributed by atoms with Gasteiger partial charge in [0, 0.05) is 10.8 Å². The molecule has 0 saturated heterocycles. The molecule has 1 heterocycles. The van der Waals surface area contributed by atoms with E-state index < -0.39 is 39.1 Å². The molecule has 0 atom stereocenters. The molecule has 3 aromatic carbocycles. The molecule has 4 rings (SSSR count). The third-order valence-corrected chi connectivity index (χ3v) is 9.64. The Labute approximate surface area is 238 Å². The maximum atomic E-state index is 13.8. The van der Waals surface area contributed by atoms with E-state index in [1.165, 1.54) is 56.6 Å². The van der Waals surface area contributed by atoms with Crippen molar-refractivity contribution >= 4 is 54.6 Å². The number of nitrogens with zero attached hydrogens (tertiary/aromatic N) is 3. The van der Waals surface area contributed by atoms with Gasteiger partial charge in [0.15, 0.2) is 12.5 Å². The van der Waals surface area contributed by atoms with Crippen molar-refractivity contribution in [2.24, 2.45) is 0 Å². The van der Waals surface area contributed by atoms with Crippen LogP contribution in [-0.4, -0.2) is 54.5 Å². The summed E-state index contributed by atoms with van der Waals surface area (Å²) in [5.41, 5.74) is 0.899. The zero-order valence-electron chi connectivity index (χ0n) is 22.4. The lowest BCUT2D eigenvalue weighted by Gasteiger charge is -2.27. The summed E-state index contributed by atoms with van der Waals surface area (Å²) >= 11 is 0. The number of sulfonamides is 2. The molecule has 0 saturated carbocycles. The van der Waals surface area contributed by atoms with Gasteiger partial charge in [0.05, 0.1) is 35.3 Å². The number of hydrogen-bond donors (Lipinski definition) is 0. The van der Waals surface area contributed by atoms with Crippen LogP contribution in [-0.2, 0) is 34.4 Å². The summed E-state index contributed by atoms with van der Waals surface area (Å²) in [7, 11) is -7.10. The van der Waals surface area contributed by atoms with Crippen molar-refractivity contribution < 1.29 is 35.9 Å². The third-order valence-electron chi connectivity index (χ3n) is 6.14. The minimum Gasteiger partial charge on any atom is -0.497 e. The van der Waals surface area contributed by atoms with Crippen LogP contribution >= 0.6 is 0 Å². The molecule has 0 aliphatic heterocycles. The summed E-state index contributed by atoms with van der Waals surface area (Å²) in [4.78, 5) is 27.5. The number of ether oxygens (including phenoxy) is 2. The Morgan fingerprint density at radius 1 is 0.854 bits per heavy atom. The fraction of sp³-hybridized carbons (Fsp3) is 0.179. The van der Waals surface area contributed by atoms with Crippen LogP contribution < -0.4 is 13.3 Å². The molecule has 0 N–H and O–H groups in total. The van der Waals surface area contributed by atoms with Gasteiger partial charge in [-0.3, -0.25) is 13.9 Å². The smallest absolute Gasteiger partial charge is 0.294 e. The second kappa shape index (κ2) is 11.9. The van der Waals surface area contributed by atoms with E-state index in [1.54, 1.807) is 36.4 Å². The van der Waals surface area contributed by atoms with Crippen molar-refractivity contribution in [2.45, 2.75) is 23.6 Å². The first-order valence-electron chi connectivity index (χ1n) is 12.2. The van der Waals surface area contributed by atoms with Crippen LogP contribution in [0.2, 0.25) is 0 Å². The predicted molar refractivity (Wildman–Crippen MR) is 153 cm³/mol. The van der Waals surface area contributed by atoms with Gasteiger partial charge in [-0.1, -0.05) is 42.0 Å². The highest BCUT2D eigenvalue weighted by Crippen LogP contribution is 2.36. The molecule has 0 unspecified atom stereocenters. The number of carbonyl (C=O) groups is 2. The largest absolute Gasteiger partial charge is 0.497 e. The lowest BCUT2D eigenvalue weighted by molar-refractivity contribution is -0.128. The molecule has 41 heavy (non-hydrogen) atoms. The van der Waals surface area contributed by atoms with Crippen molar-refractivity contribution in [1.82, 2.24) is 4.98 Å². The van der Waals surface area contributed by atoms with Crippen LogP contribution in [0, 0.1) is 6.92 Å². The molecular weight excluding hydrogens is 570 g/mol. The fourth-order valence-corrected chi connectivity index (χ4v) is 6.92. The van der Waals surface area contributed by atoms with Gasteiger partial charge >= 0.3 is 0 Å². The van der Waals surface area contributed by atoms with Crippen LogP contribution in [0.15, 0.2) is 88.8 Å². The van der Waals surface area contributed by atoms with E-state index in [-0.39, 0.29) is 33.2 Å². The van der Waals surface area contributed by atoms with Crippen molar-refractivity contribution in [3.05, 3.63) is 84.6 Å². The highest BCUT2D eigenvalue weighted by Gasteiger charge is 2.32. The first kappa shape index (κ1) is 29.5. The standard InChI is InChI=1S/C28H27N3O8S2/c1-20-8-12-23(13-9-20)41(36,37)31(18-39-19-32)28-26-7-5-4-6-25(26)27(16-29-28)30(17-21(2)33)40(34,35)24-14-10-22(38-3)11-15-24/h4-16,19H,17-18H2,1-3H3. The molecule has 11 nitrogen and oxygen atoms in total. The maximum Gasteiger partial charge on any atom is 0.294 e. The van der Waals surface area contributed by atoms with Gasteiger partial charge in [0.25, 0.3) is 26.5 Å². The minimum absolute atomic E-state index is 0.0550. The predicted octanol–water partition coefficient (Wildman–Crippen LogP) is 3.66. The Balaban J connectivity index is 1.92. The summed E-state index contributed by atoms with van der Waals surface area (Å²) < 4.78 is 66.7. The lowest BCUT2D eigenvalue weighted by atomic mass is 10.1. The molecule has 214 valence electrons. The SMILES string of the molecule is COc1ccc(S(=O)(=O)N(CC(C)=O)c2cnc(N(COC=O)S(=O)(=O)c3ccc(C)cc3)c3ccccc23)cc1. The number of benzene rings is 3. The number of rotatable bonds is 12. The van der Waals surface area contributed by atoms with Crippen LogP contribution in [0.3, 0.4) is 0 Å². The zero-order chi connectivity index (χ0) is 29.8. The van der Waals surface area contributed by atoms with E-state index in [0.29, 0.717) is 11.1 Å². The number of ketones is 1. The second-order valence-corrected chi connectivity index (χ2v) is 12.7. The first-order valence-corrected chi connectivity index (χ1v) is 15.1. The van der Waals surface area contributed by atoms with Gasteiger partial charge in [-0.15, -0.1) is 0 Å². The molecule has 4 aromatic rings. The van der Waals surface area contributed by atoms with Crippen LogP contribution in [0.25, 0.3) is 10.8 Å². The number of aryl methyl sites for hydroxylation is 1. The Morgan fingerprint density at radius 2 is 1.41 bits per heavy atom. The van der Waals surface area contributed by atoms with Crippen LogP contribution in [0.5, 0.6) is 5.75 Å². The van der Waals surface area contributed by atoms with Crippen LogP contribution in [0.4, 0.5) is 11.5 Å². The van der Waals surface area contributed by atoms with Crippen LogP contribution in [0.1, 0.15) is 12.5 Å². The normalized spacial score (nSPS) is 11.6. The number of fused-ring (bicyclic) bond motifs is 1. The van der Waals surface area contributed by atoms with Gasteiger partial charge in [-0.25, -0.2) is 26.1 Å². The zero-order valence-corrected chi connectivity index (χ0v) is 24.1. The molecule has 0 radical (unpaired) electrons. The monoisotopic (exact) mass is 597 g/mol. The van der Waals surface area contributed by atoms with E-state index in [4.69, 9.17) is 9.47 Å². The summed E-state index contributed by atoms with van der Waals surface area (Å²) in [6, 6.07) is 18.2. The van der Waals surface area contributed by atoms with Crippen molar-refractivity contribution in [3.63, 3.8) is 0 Å². The molecule has 0 amide bonds. The first-order chi connectivity index (χ1) is 19.5. The molecule has 0 bridgehead atoms. The summed E-state index contributed by atoms with van der Waals surface area (Å²) in [6.45, 7) is 2.00. The number of anilines is 2. The van der Waals surface area contributed by atoms with E-state index in [9.17, 15) is 26.4 Å². The average molecular weight is 598 g/mol. The molecule has 0 spiro atoms. The number of aromatic nitrogens is 1. The summed E-state index contributed by atoms with van der Waals surface area (Å²) in [5.74, 6) is -0.0828. The van der Waals surface area contributed by atoms with E-state index >= 15 is 0 Å². The molecule has 1 aromatic heterocycles. The molecule has 0 fully saturated rings. The Morgan fingerprint density at radius 3 is 1.98 bits per heavy atom. The molecule has 0 aliphatic carbocycles. The Hall–Kier alpha value is -4.49. The number of carbonyl (C=O) groups excluding carboxylic acids is 2. The van der Waals surface area contributed by atoms with E-state index in [2.05, 4.69) is 4.98 Å². The molecular formula is C28H27N3O8S2. The molecule has 13 heteroatoms. The second-order valence-electron chi connectivity index (χ2n) is 8.96. The highest BCUT2D eigenvalue weighted by atomic mass is 32.2. The lowest BCUT2D eigenvalue weighted by Crippen LogP contribution is -2.36. The Bertz CT molecular complexity index is 1790. The Kier molecular flexibility index (Phi) is 8.59. The summed E-state index contributed by atoms with van der Waals surface area (Å²) in [5, 5.41) is 0.541. The van der Waals surface area contributed by atoms with Gasteiger partial charge in [-0.2, -0.15) is 0 Å². The number of hydrogen-bond acceptors (Lipinski definition) is 9. The van der Waals surface area contributed by atoms with Gasteiger partial charge < -0.3 is 9.47 Å². The quantitative estimate of drug-likeness (QED) is 0.177. The summed E-state index contributed by atoms with van der Waals surface area (Å²) in [6.07, 6.45) is 1.18. The maximum absolute atomic E-state index is 13.8.